The molecule has 1 heterocycles. The highest BCUT2D eigenvalue weighted by Crippen LogP contribution is 2.29. The smallest absolute Gasteiger partial charge is 0.347 e. The molecule has 3 rings (SSSR count). The second-order valence-corrected chi connectivity index (χ2v) is 7.66. The minimum Gasteiger partial charge on any atom is -0.503 e. The van der Waals surface area contributed by atoms with Crippen molar-refractivity contribution in [2.24, 2.45) is 0 Å². The molecule has 2 unspecified atom stereocenters. The number of aromatic hydroxyl groups is 1. The van der Waals surface area contributed by atoms with Crippen LogP contribution in [0.3, 0.4) is 0 Å². The third-order valence-corrected chi connectivity index (χ3v) is 5.17. The summed E-state index contributed by atoms with van der Waals surface area (Å²) in [7, 11) is 2.99. The van der Waals surface area contributed by atoms with E-state index >= 15 is 0 Å². The fourth-order valence-electron chi connectivity index (χ4n) is 3.26. The van der Waals surface area contributed by atoms with Gasteiger partial charge in [-0.25, -0.2) is 9.78 Å². The van der Waals surface area contributed by atoms with Crippen molar-refractivity contribution in [3.05, 3.63) is 88.7 Å². The first-order chi connectivity index (χ1) is 15.8. The van der Waals surface area contributed by atoms with Gasteiger partial charge in [-0.15, -0.1) is 5.06 Å². The number of hydroxylamine groups is 2. The van der Waals surface area contributed by atoms with Crippen LogP contribution in [0.2, 0.25) is 5.02 Å². The number of carbonyl (C=O) groups is 2. The number of aromatic nitrogens is 1. The zero-order valence-electron chi connectivity index (χ0n) is 18.4. The largest absolute Gasteiger partial charge is 0.503 e. The van der Waals surface area contributed by atoms with Crippen molar-refractivity contribution in [3.63, 3.8) is 0 Å². The van der Waals surface area contributed by atoms with Crippen LogP contribution in [0.5, 0.6) is 11.5 Å². The van der Waals surface area contributed by atoms with E-state index in [-0.39, 0.29) is 11.4 Å². The van der Waals surface area contributed by atoms with Gasteiger partial charge >= 0.3 is 5.97 Å². The molecule has 0 aliphatic carbocycles. The molecule has 9 heteroatoms. The minimum atomic E-state index is -1.02. The van der Waals surface area contributed by atoms with E-state index in [4.69, 9.17) is 21.2 Å². The lowest BCUT2D eigenvalue weighted by Gasteiger charge is -2.28. The van der Waals surface area contributed by atoms with Crippen LogP contribution < -0.4 is 10.1 Å². The molecule has 172 valence electrons. The predicted octanol–water partition coefficient (Wildman–Crippen LogP) is 3.75. The third-order valence-electron chi connectivity index (χ3n) is 4.92. The number of nitrogens with one attached hydrogen (secondary N) is 1. The monoisotopic (exact) mass is 469 g/mol. The zero-order valence-corrected chi connectivity index (χ0v) is 19.1. The normalized spacial score (nSPS) is 12.6. The van der Waals surface area contributed by atoms with E-state index in [1.54, 1.807) is 19.2 Å². The van der Waals surface area contributed by atoms with Crippen LogP contribution >= 0.6 is 11.6 Å². The number of rotatable bonds is 8. The standard InChI is InChI=1S/C24H24ClN3O5/c1-15(27-23(30)20-22(29)19(32-3)13-14-26-20)24(31)33-28(2)21(16-7-5-4-6-8-16)17-9-11-18(25)12-10-17/h4-15,21,29H,1-3H3,(H,27,30). The molecular formula is C24H24ClN3O5. The van der Waals surface area contributed by atoms with Crippen LogP contribution in [0.15, 0.2) is 66.9 Å². The summed E-state index contributed by atoms with van der Waals surface area (Å²) in [6.07, 6.45) is 1.32. The fourth-order valence-corrected chi connectivity index (χ4v) is 3.38. The average Bonchev–Trinajstić information content (AvgIpc) is 2.81. The molecule has 0 radical (unpaired) electrons. The second-order valence-electron chi connectivity index (χ2n) is 7.23. The first-order valence-electron chi connectivity index (χ1n) is 10.1. The van der Waals surface area contributed by atoms with Gasteiger partial charge in [0.1, 0.15) is 6.04 Å². The van der Waals surface area contributed by atoms with Gasteiger partial charge in [0.25, 0.3) is 5.91 Å². The molecule has 2 N–H and O–H groups in total. The Morgan fingerprint density at radius 2 is 1.70 bits per heavy atom. The predicted molar refractivity (Wildman–Crippen MR) is 123 cm³/mol. The molecule has 0 fully saturated rings. The molecule has 2 aromatic carbocycles. The summed E-state index contributed by atoms with van der Waals surface area (Å²) < 4.78 is 4.98. The number of hydrogen-bond acceptors (Lipinski definition) is 7. The molecule has 33 heavy (non-hydrogen) atoms. The lowest BCUT2D eigenvalue weighted by molar-refractivity contribution is -0.193. The highest BCUT2D eigenvalue weighted by molar-refractivity contribution is 6.30. The Balaban J connectivity index is 1.74. The van der Waals surface area contributed by atoms with Crippen LogP contribution in [0.4, 0.5) is 0 Å². The molecule has 1 amide bonds. The minimum absolute atomic E-state index is 0.0961. The lowest BCUT2D eigenvalue weighted by atomic mass is 9.99. The van der Waals surface area contributed by atoms with E-state index < -0.39 is 29.7 Å². The SMILES string of the molecule is COc1ccnc(C(=O)NC(C)C(=O)ON(C)C(c2ccccc2)c2ccc(Cl)cc2)c1O. The maximum absolute atomic E-state index is 12.7. The van der Waals surface area contributed by atoms with Crippen molar-refractivity contribution in [2.75, 3.05) is 14.2 Å². The van der Waals surface area contributed by atoms with Gasteiger partial charge in [0.05, 0.1) is 13.2 Å². The molecule has 0 spiro atoms. The van der Waals surface area contributed by atoms with Crippen LogP contribution in [-0.2, 0) is 9.63 Å². The number of halogens is 1. The van der Waals surface area contributed by atoms with Gasteiger partial charge in [-0.1, -0.05) is 54.1 Å². The van der Waals surface area contributed by atoms with E-state index in [9.17, 15) is 14.7 Å². The number of ether oxygens (including phenoxy) is 1. The number of methoxy groups -OCH3 is 1. The Labute approximate surface area is 196 Å². The van der Waals surface area contributed by atoms with E-state index in [0.717, 1.165) is 11.1 Å². The van der Waals surface area contributed by atoms with Crippen LogP contribution in [-0.4, -0.2) is 47.2 Å². The van der Waals surface area contributed by atoms with Crippen LogP contribution in [0, 0.1) is 0 Å². The number of pyridine rings is 1. The van der Waals surface area contributed by atoms with Crippen molar-refractivity contribution >= 4 is 23.5 Å². The third kappa shape index (κ3) is 5.79. The molecule has 8 nitrogen and oxygen atoms in total. The first kappa shape index (κ1) is 24.0. The summed E-state index contributed by atoms with van der Waals surface area (Å²) >= 11 is 6.03. The summed E-state index contributed by atoms with van der Waals surface area (Å²) in [5.41, 5.74) is 1.51. The Hall–Kier alpha value is -3.62. The Bertz CT molecular complexity index is 1110. The number of benzene rings is 2. The van der Waals surface area contributed by atoms with Crippen molar-refractivity contribution in [1.82, 2.24) is 15.4 Å². The van der Waals surface area contributed by atoms with Gasteiger partial charge in [-0.05, 0) is 30.2 Å². The molecule has 2 atom stereocenters. The average molecular weight is 470 g/mol. The van der Waals surface area contributed by atoms with Gasteiger partial charge < -0.3 is 20.0 Å². The molecule has 3 aromatic rings. The van der Waals surface area contributed by atoms with E-state index in [1.165, 1.54) is 31.4 Å². The molecular weight excluding hydrogens is 446 g/mol. The maximum atomic E-state index is 12.7. The summed E-state index contributed by atoms with van der Waals surface area (Å²) in [6, 6.07) is 16.8. The summed E-state index contributed by atoms with van der Waals surface area (Å²) in [5.74, 6) is -1.75. The van der Waals surface area contributed by atoms with Crippen molar-refractivity contribution in [3.8, 4) is 11.5 Å². The number of nitrogens with zero attached hydrogens (tertiary/aromatic N) is 2. The zero-order chi connectivity index (χ0) is 24.0. The van der Waals surface area contributed by atoms with Gasteiger partial charge in [0.15, 0.2) is 17.2 Å². The quantitative estimate of drug-likeness (QED) is 0.484. The van der Waals surface area contributed by atoms with Crippen LogP contribution in [0.1, 0.15) is 34.6 Å². The molecule has 0 saturated heterocycles. The first-order valence-corrected chi connectivity index (χ1v) is 10.5. The summed E-state index contributed by atoms with van der Waals surface area (Å²) in [4.78, 5) is 34.7. The van der Waals surface area contributed by atoms with E-state index in [0.29, 0.717) is 5.02 Å². The van der Waals surface area contributed by atoms with Crippen molar-refractivity contribution in [2.45, 2.75) is 19.0 Å². The number of hydrogen-bond donors (Lipinski definition) is 2. The summed E-state index contributed by atoms with van der Waals surface area (Å²) in [5, 5.41) is 14.6. The molecule has 0 aliphatic rings. The Morgan fingerprint density at radius 1 is 1.06 bits per heavy atom. The number of carbonyl (C=O) groups excluding carboxylic acids is 2. The molecule has 1 aromatic heterocycles. The molecule has 0 saturated carbocycles. The fraction of sp³-hybridized carbons (Fsp3) is 0.208. The lowest BCUT2D eigenvalue weighted by Crippen LogP contribution is -2.42. The van der Waals surface area contributed by atoms with E-state index in [2.05, 4.69) is 10.3 Å². The van der Waals surface area contributed by atoms with Crippen molar-refractivity contribution in [1.29, 1.82) is 0 Å². The Kier molecular flexibility index (Phi) is 7.87. The summed E-state index contributed by atoms with van der Waals surface area (Å²) in [6.45, 7) is 1.48. The Morgan fingerprint density at radius 3 is 2.33 bits per heavy atom. The van der Waals surface area contributed by atoms with E-state index in [1.807, 2.05) is 42.5 Å². The van der Waals surface area contributed by atoms with Gasteiger partial charge in [-0.2, -0.15) is 0 Å². The topological polar surface area (TPSA) is 101 Å². The molecule has 0 bridgehead atoms. The highest BCUT2D eigenvalue weighted by atomic mass is 35.5. The van der Waals surface area contributed by atoms with Gasteiger partial charge in [0, 0.05) is 24.3 Å². The molecule has 0 aliphatic heterocycles. The van der Waals surface area contributed by atoms with Crippen molar-refractivity contribution < 1.29 is 24.3 Å². The highest BCUT2D eigenvalue weighted by Gasteiger charge is 2.27. The second kappa shape index (κ2) is 10.8. The van der Waals surface area contributed by atoms with Crippen LogP contribution in [0.25, 0.3) is 0 Å². The van der Waals surface area contributed by atoms with Gasteiger partial charge in [-0.3, -0.25) is 4.79 Å². The van der Waals surface area contributed by atoms with Gasteiger partial charge in [0.2, 0.25) is 0 Å². The maximum Gasteiger partial charge on any atom is 0.347 e. The number of amides is 1.